The summed E-state index contributed by atoms with van der Waals surface area (Å²) in [6.45, 7) is 2.23. The molecule has 0 heterocycles. The Morgan fingerprint density at radius 2 is 1.85 bits per heavy atom. The second-order valence-electron chi connectivity index (χ2n) is 4.73. The summed E-state index contributed by atoms with van der Waals surface area (Å²) < 4.78 is 47.9. The van der Waals surface area contributed by atoms with Gasteiger partial charge >= 0.3 is 0 Å². The van der Waals surface area contributed by atoms with E-state index < -0.39 is 24.9 Å². The standard InChI is InChI=1S/C12H20N2O4S2/c1-3-7-14(20(17,18)10-19(2,15)16)9-11-5-4-6-12(13)8-11/h4-6,8H,3,7,9-10,13H2,1-2H3. The van der Waals surface area contributed by atoms with Crippen LogP contribution in [0, 0.1) is 0 Å². The Kier molecular flexibility index (Phi) is 5.55. The molecule has 2 N–H and O–H groups in total. The molecule has 1 rings (SSSR count). The van der Waals surface area contributed by atoms with Crippen LogP contribution in [0.2, 0.25) is 0 Å². The van der Waals surface area contributed by atoms with E-state index in [2.05, 4.69) is 0 Å². The average molecular weight is 320 g/mol. The van der Waals surface area contributed by atoms with Gasteiger partial charge in [0.2, 0.25) is 10.0 Å². The second-order valence-corrected chi connectivity index (χ2v) is 9.21. The first-order chi connectivity index (χ1) is 9.14. The van der Waals surface area contributed by atoms with Crippen molar-refractivity contribution in [3.8, 4) is 0 Å². The van der Waals surface area contributed by atoms with Crippen molar-refractivity contribution < 1.29 is 16.8 Å². The van der Waals surface area contributed by atoms with Gasteiger partial charge in [0.15, 0.2) is 14.9 Å². The van der Waals surface area contributed by atoms with Crippen LogP contribution in [0.3, 0.4) is 0 Å². The van der Waals surface area contributed by atoms with Gasteiger partial charge in [-0.15, -0.1) is 0 Å². The Balaban J connectivity index is 3.00. The number of sulfonamides is 1. The summed E-state index contributed by atoms with van der Waals surface area (Å²) in [5.41, 5.74) is 6.93. The molecule has 0 aliphatic heterocycles. The van der Waals surface area contributed by atoms with Crippen molar-refractivity contribution >= 4 is 25.5 Å². The van der Waals surface area contributed by atoms with Gasteiger partial charge in [0.25, 0.3) is 0 Å². The number of hydrogen-bond acceptors (Lipinski definition) is 5. The fourth-order valence-corrected chi connectivity index (χ4v) is 5.37. The van der Waals surface area contributed by atoms with Gasteiger partial charge in [0.1, 0.15) is 0 Å². The fourth-order valence-electron chi connectivity index (χ4n) is 1.81. The maximum Gasteiger partial charge on any atom is 0.228 e. The summed E-state index contributed by atoms with van der Waals surface area (Å²) in [6, 6.07) is 6.88. The number of nitrogens with two attached hydrogens (primary N) is 1. The largest absolute Gasteiger partial charge is 0.399 e. The minimum atomic E-state index is -3.85. The first kappa shape index (κ1) is 16.9. The molecule has 0 aromatic heterocycles. The SMILES string of the molecule is CCCN(Cc1cccc(N)c1)S(=O)(=O)CS(C)(=O)=O. The number of benzene rings is 1. The van der Waals surface area contributed by atoms with Crippen molar-refractivity contribution in [3.05, 3.63) is 29.8 Å². The van der Waals surface area contributed by atoms with Gasteiger partial charge in [-0.3, -0.25) is 0 Å². The third-order valence-electron chi connectivity index (χ3n) is 2.54. The molecule has 6 nitrogen and oxygen atoms in total. The van der Waals surface area contributed by atoms with Crippen LogP contribution < -0.4 is 5.73 Å². The third kappa shape index (κ3) is 5.48. The zero-order chi connectivity index (χ0) is 15.4. The zero-order valence-corrected chi connectivity index (χ0v) is 13.2. The molecule has 114 valence electrons. The fraction of sp³-hybridized carbons (Fsp3) is 0.500. The van der Waals surface area contributed by atoms with Crippen molar-refractivity contribution in [1.29, 1.82) is 0 Å². The molecular formula is C12H20N2O4S2. The summed E-state index contributed by atoms with van der Waals surface area (Å²) in [6.07, 6.45) is 1.51. The lowest BCUT2D eigenvalue weighted by atomic mass is 10.2. The van der Waals surface area contributed by atoms with E-state index in [-0.39, 0.29) is 13.1 Å². The van der Waals surface area contributed by atoms with E-state index in [1.54, 1.807) is 24.3 Å². The number of rotatable bonds is 7. The predicted octanol–water partition coefficient (Wildman–Crippen LogP) is 0.813. The molecule has 0 unspecified atom stereocenters. The highest BCUT2D eigenvalue weighted by Crippen LogP contribution is 2.14. The van der Waals surface area contributed by atoms with Crippen LogP contribution in [0.15, 0.2) is 24.3 Å². The predicted molar refractivity (Wildman–Crippen MR) is 80.2 cm³/mol. The molecule has 0 saturated carbocycles. The normalized spacial score (nSPS) is 12.8. The van der Waals surface area contributed by atoms with Gasteiger partial charge in [0, 0.05) is 25.0 Å². The molecule has 0 aliphatic carbocycles. The molecule has 0 radical (unpaired) electrons. The van der Waals surface area contributed by atoms with Gasteiger partial charge in [-0.2, -0.15) is 4.31 Å². The van der Waals surface area contributed by atoms with Gasteiger partial charge in [-0.25, -0.2) is 16.8 Å². The van der Waals surface area contributed by atoms with E-state index in [1.165, 1.54) is 4.31 Å². The highest BCUT2D eigenvalue weighted by atomic mass is 32.3. The lowest BCUT2D eigenvalue weighted by molar-refractivity contribution is 0.408. The van der Waals surface area contributed by atoms with Crippen molar-refractivity contribution in [2.24, 2.45) is 0 Å². The summed E-state index contributed by atoms with van der Waals surface area (Å²) in [5, 5.41) is -0.873. The van der Waals surface area contributed by atoms with Gasteiger partial charge in [-0.1, -0.05) is 19.1 Å². The molecule has 1 aromatic rings. The molecular weight excluding hydrogens is 300 g/mol. The Hall–Kier alpha value is -1.12. The summed E-state index contributed by atoms with van der Waals surface area (Å²) >= 11 is 0. The first-order valence-electron chi connectivity index (χ1n) is 6.14. The smallest absolute Gasteiger partial charge is 0.228 e. The number of anilines is 1. The molecule has 20 heavy (non-hydrogen) atoms. The first-order valence-corrected chi connectivity index (χ1v) is 9.81. The minimum Gasteiger partial charge on any atom is -0.399 e. The maximum absolute atomic E-state index is 12.1. The van der Waals surface area contributed by atoms with E-state index in [4.69, 9.17) is 5.73 Å². The molecule has 0 spiro atoms. The van der Waals surface area contributed by atoms with Crippen molar-refractivity contribution in [2.45, 2.75) is 19.9 Å². The number of hydrogen-bond donors (Lipinski definition) is 1. The van der Waals surface area contributed by atoms with Crippen LogP contribution in [0.1, 0.15) is 18.9 Å². The summed E-state index contributed by atoms with van der Waals surface area (Å²) in [5.74, 6) is 0. The summed E-state index contributed by atoms with van der Waals surface area (Å²) in [4.78, 5) is 0. The van der Waals surface area contributed by atoms with E-state index in [0.717, 1.165) is 11.8 Å². The second kappa shape index (κ2) is 6.55. The quantitative estimate of drug-likeness (QED) is 0.750. The highest BCUT2D eigenvalue weighted by Gasteiger charge is 2.26. The maximum atomic E-state index is 12.1. The van der Waals surface area contributed by atoms with Crippen LogP contribution in [0.4, 0.5) is 5.69 Å². The lowest BCUT2D eigenvalue weighted by Gasteiger charge is -2.21. The van der Waals surface area contributed by atoms with E-state index in [0.29, 0.717) is 12.1 Å². The number of nitrogens with zero attached hydrogens (tertiary/aromatic N) is 1. The highest BCUT2D eigenvalue weighted by molar-refractivity contribution is 8.06. The Morgan fingerprint density at radius 1 is 1.20 bits per heavy atom. The van der Waals surface area contributed by atoms with Crippen molar-refractivity contribution in [3.63, 3.8) is 0 Å². The monoisotopic (exact) mass is 320 g/mol. The Morgan fingerprint density at radius 3 is 2.35 bits per heavy atom. The summed E-state index contributed by atoms with van der Waals surface area (Å²) in [7, 11) is -7.45. The van der Waals surface area contributed by atoms with Gasteiger partial charge in [-0.05, 0) is 24.1 Å². The molecule has 0 fully saturated rings. The Labute approximate surface area is 120 Å². The van der Waals surface area contributed by atoms with Crippen molar-refractivity contribution in [2.75, 3.05) is 23.6 Å². The topological polar surface area (TPSA) is 97.5 Å². The molecule has 0 amide bonds. The minimum absolute atomic E-state index is 0.122. The van der Waals surface area contributed by atoms with Crippen LogP contribution in [0.5, 0.6) is 0 Å². The Bertz CT molecular complexity index is 654. The number of nitrogen functional groups attached to an aromatic ring is 1. The average Bonchev–Trinajstić information content (AvgIpc) is 2.25. The van der Waals surface area contributed by atoms with Crippen LogP contribution >= 0.6 is 0 Å². The molecule has 0 aliphatic rings. The van der Waals surface area contributed by atoms with Crippen molar-refractivity contribution in [1.82, 2.24) is 4.31 Å². The van der Waals surface area contributed by atoms with E-state index in [1.807, 2.05) is 6.92 Å². The molecule has 0 bridgehead atoms. The van der Waals surface area contributed by atoms with Gasteiger partial charge in [0.05, 0.1) is 0 Å². The zero-order valence-electron chi connectivity index (χ0n) is 11.6. The van der Waals surface area contributed by atoms with E-state index in [9.17, 15) is 16.8 Å². The molecule has 1 aromatic carbocycles. The third-order valence-corrected chi connectivity index (χ3v) is 6.54. The molecule has 0 atom stereocenters. The molecule has 8 heteroatoms. The van der Waals surface area contributed by atoms with Gasteiger partial charge < -0.3 is 5.73 Å². The van der Waals surface area contributed by atoms with Crippen LogP contribution in [-0.4, -0.2) is 39.0 Å². The lowest BCUT2D eigenvalue weighted by Crippen LogP contribution is -2.35. The van der Waals surface area contributed by atoms with Crippen LogP contribution in [0.25, 0.3) is 0 Å². The number of sulfone groups is 1. The van der Waals surface area contributed by atoms with Crippen LogP contribution in [-0.2, 0) is 26.4 Å². The van der Waals surface area contributed by atoms with E-state index >= 15 is 0 Å². The molecule has 0 saturated heterocycles.